The van der Waals surface area contributed by atoms with E-state index in [9.17, 15) is 13.2 Å². The number of thiazole rings is 1. The van der Waals surface area contributed by atoms with E-state index in [4.69, 9.17) is 9.72 Å². The van der Waals surface area contributed by atoms with Crippen LogP contribution in [0.2, 0.25) is 0 Å². The van der Waals surface area contributed by atoms with E-state index in [-0.39, 0.29) is 10.8 Å². The first-order chi connectivity index (χ1) is 17.4. The van der Waals surface area contributed by atoms with Crippen molar-refractivity contribution in [2.75, 3.05) is 50.8 Å². The number of amides is 1. The number of piperidine rings is 1. The van der Waals surface area contributed by atoms with Crippen molar-refractivity contribution in [3.8, 4) is 5.75 Å². The van der Waals surface area contributed by atoms with Gasteiger partial charge in [-0.25, -0.2) is 13.4 Å². The smallest absolute Gasteiger partial charge is 0.253 e. The van der Waals surface area contributed by atoms with Gasteiger partial charge in [0.25, 0.3) is 5.91 Å². The molecule has 10 heteroatoms. The van der Waals surface area contributed by atoms with Gasteiger partial charge in [0, 0.05) is 44.8 Å². The molecule has 1 amide bonds. The third-order valence-corrected chi connectivity index (χ3v) is 9.98. The molecule has 36 heavy (non-hydrogen) atoms. The zero-order valence-electron chi connectivity index (χ0n) is 20.7. The lowest BCUT2D eigenvalue weighted by Crippen LogP contribution is -2.48. The van der Waals surface area contributed by atoms with Gasteiger partial charge in [-0.15, -0.1) is 0 Å². The van der Waals surface area contributed by atoms with Crippen LogP contribution in [0.25, 0.3) is 10.2 Å². The normalized spacial score (nSPS) is 18.1. The van der Waals surface area contributed by atoms with Crippen LogP contribution in [0.4, 0.5) is 5.13 Å². The van der Waals surface area contributed by atoms with Crippen LogP contribution in [0.15, 0.2) is 47.4 Å². The number of rotatable bonds is 6. The van der Waals surface area contributed by atoms with Gasteiger partial charge in [-0.05, 0) is 62.1 Å². The molecule has 0 atom stereocenters. The van der Waals surface area contributed by atoms with Crippen molar-refractivity contribution >= 4 is 42.6 Å². The predicted molar refractivity (Wildman–Crippen MR) is 143 cm³/mol. The number of anilines is 1. The second-order valence-electron chi connectivity index (χ2n) is 9.42. The first-order valence-corrected chi connectivity index (χ1v) is 14.8. The summed E-state index contributed by atoms with van der Waals surface area (Å²) in [7, 11) is -3.52. The number of nitrogens with zero attached hydrogens (tertiary/aromatic N) is 4. The Balaban J connectivity index is 1.22. The van der Waals surface area contributed by atoms with Crippen molar-refractivity contribution in [3.05, 3.63) is 48.0 Å². The number of benzene rings is 2. The number of carbonyl (C=O) groups is 1. The first-order valence-electron chi connectivity index (χ1n) is 12.5. The number of carbonyl (C=O) groups excluding carboxylic acids is 1. The molecule has 0 bridgehead atoms. The molecular weight excluding hydrogens is 496 g/mol. The average Bonchev–Trinajstić information content (AvgIpc) is 3.34. The highest BCUT2D eigenvalue weighted by molar-refractivity contribution is 7.89. The lowest BCUT2D eigenvalue weighted by atomic mass is 10.0. The lowest BCUT2D eigenvalue weighted by Gasteiger charge is -2.34. The van der Waals surface area contributed by atoms with Gasteiger partial charge in [0.1, 0.15) is 11.3 Å². The number of hydrogen-bond donors (Lipinski definition) is 0. The molecule has 0 N–H and O–H groups in total. The van der Waals surface area contributed by atoms with E-state index < -0.39 is 10.0 Å². The van der Waals surface area contributed by atoms with Gasteiger partial charge >= 0.3 is 0 Å². The standard InChI is InChI=1S/C26H32N4O4S2/c1-3-34-22-5-4-6-23-24(22)27-26(35-23)29-17-15-28(16-18-29)25(31)20-7-9-21(10-8-20)36(32,33)30-13-11-19(2)12-14-30/h4-10,19H,3,11-18H2,1-2H3. The number of fused-ring (bicyclic) bond motifs is 1. The monoisotopic (exact) mass is 528 g/mol. The third kappa shape index (κ3) is 4.94. The van der Waals surface area contributed by atoms with Crippen LogP contribution in [0.5, 0.6) is 5.75 Å². The quantitative estimate of drug-likeness (QED) is 0.480. The minimum Gasteiger partial charge on any atom is -0.492 e. The lowest BCUT2D eigenvalue weighted by molar-refractivity contribution is 0.0746. The molecule has 2 fully saturated rings. The number of ether oxygens (including phenoxy) is 1. The van der Waals surface area contributed by atoms with Crippen LogP contribution in [0.3, 0.4) is 0 Å². The molecule has 1 aromatic heterocycles. The summed E-state index contributed by atoms with van der Waals surface area (Å²) in [5, 5.41) is 0.936. The highest BCUT2D eigenvalue weighted by Crippen LogP contribution is 2.34. The Kier molecular flexibility index (Phi) is 7.18. The molecule has 2 aromatic carbocycles. The molecule has 3 aromatic rings. The number of sulfonamides is 1. The molecule has 0 aliphatic carbocycles. The van der Waals surface area contributed by atoms with Crippen LogP contribution in [0.1, 0.15) is 37.0 Å². The van der Waals surface area contributed by atoms with Crippen molar-refractivity contribution < 1.29 is 17.9 Å². The fourth-order valence-corrected chi connectivity index (χ4v) is 7.25. The Bertz CT molecular complexity index is 1320. The van der Waals surface area contributed by atoms with E-state index in [1.165, 1.54) is 0 Å². The van der Waals surface area contributed by atoms with E-state index in [1.807, 2.05) is 24.0 Å². The van der Waals surface area contributed by atoms with E-state index in [2.05, 4.69) is 17.9 Å². The van der Waals surface area contributed by atoms with Gasteiger partial charge in [-0.2, -0.15) is 4.31 Å². The maximum Gasteiger partial charge on any atom is 0.253 e. The molecule has 2 aliphatic rings. The Hall–Kier alpha value is -2.69. The number of piperazine rings is 1. The summed E-state index contributed by atoms with van der Waals surface area (Å²) in [6.07, 6.45) is 1.76. The molecule has 3 heterocycles. The van der Waals surface area contributed by atoms with Gasteiger partial charge in [-0.1, -0.05) is 24.3 Å². The molecule has 0 spiro atoms. The van der Waals surface area contributed by atoms with Gasteiger partial charge in [0.2, 0.25) is 10.0 Å². The molecule has 2 saturated heterocycles. The van der Waals surface area contributed by atoms with E-state index in [1.54, 1.807) is 39.9 Å². The van der Waals surface area contributed by atoms with E-state index in [0.29, 0.717) is 57.4 Å². The Labute approximate surface area is 216 Å². The zero-order valence-corrected chi connectivity index (χ0v) is 22.4. The summed E-state index contributed by atoms with van der Waals surface area (Å²) in [6.45, 7) is 8.36. The summed E-state index contributed by atoms with van der Waals surface area (Å²) < 4.78 is 34.3. The molecule has 192 valence electrons. The number of aromatic nitrogens is 1. The average molecular weight is 529 g/mol. The highest BCUT2D eigenvalue weighted by Gasteiger charge is 2.29. The van der Waals surface area contributed by atoms with Gasteiger partial charge in [-0.3, -0.25) is 4.79 Å². The second kappa shape index (κ2) is 10.4. The largest absolute Gasteiger partial charge is 0.492 e. The van der Waals surface area contributed by atoms with Crippen LogP contribution in [-0.4, -0.2) is 74.4 Å². The minimum atomic E-state index is -3.52. The topological polar surface area (TPSA) is 83.0 Å². The van der Waals surface area contributed by atoms with E-state index >= 15 is 0 Å². The van der Waals surface area contributed by atoms with Crippen LogP contribution >= 0.6 is 11.3 Å². The summed E-state index contributed by atoms with van der Waals surface area (Å²) in [5.74, 6) is 1.28. The number of hydrogen-bond acceptors (Lipinski definition) is 7. The molecule has 0 saturated carbocycles. The molecule has 0 unspecified atom stereocenters. The minimum absolute atomic E-state index is 0.0756. The Morgan fingerprint density at radius 2 is 1.72 bits per heavy atom. The summed E-state index contributed by atoms with van der Waals surface area (Å²) in [6, 6.07) is 12.4. The van der Waals surface area contributed by atoms with Crippen molar-refractivity contribution in [1.29, 1.82) is 0 Å². The van der Waals surface area contributed by atoms with Crippen LogP contribution in [-0.2, 0) is 10.0 Å². The summed E-state index contributed by atoms with van der Waals surface area (Å²) in [5.41, 5.74) is 1.39. The second-order valence-corrected chi connectivity index (χ2v) is 12.4. The summed E-state index contributed by atoms with van der Waals surface area (Å²) in [4.78, 5) is 22.2. The van der Waals surface area contributed by atoms with Crippen LogP contribution in [0, 0.1) is 5.92 Å². The molecule has 2 aliphatic heterocycles. The highest BCUT2D eigenvalue weighted by atomic mass is 32.2. The number of para-hydroxylation sites is 1. The fraction of sp³-hybridized carbons (Fsp3) is 0.462. The molecule has 5 rings (SSSR count). The summed E-state index contributed by atoms with van der Waals surface area (Å²) >= 11 is 1.64. The first kappa shape index (κ1) is 25.0. The van der Waals surface area contributed by atoms with Gasteiger partial charge in [0.15, 0.2) is 5.13 Å². The molecule has 8 nitrogen and oxygen atoms in total. The van der Waals surface area contributed by atoms with Crippen molar-refractivity contribution in [1.82, 2.24) is 14.2 Å². The Morgan fingerprint density at radius 1 is 1.03 bits per heavy atom. The fourth-order valence-electron chi connectivity index (χ4n) is 4.75. The van der Waals surface area contributed by atoms with E-state index in [0.717, 1.165) is 33.9 Å². The van der Waals surface area contributed by atoms with Crippen LogP contribution < -0.4 is 9.64 Å². The molecular formula is C26H32N4O4S2. The van der Waals surface area contributed by atoms with Gasteiger partial charge < -0.3 is 14.5 Å². The van der Waals surface area contributed by atoms with Crippen molar-refractivity contribution in [2.45, 2.75) is 31.6 Å². The maximum atomic E-state index is 13.1. The van der Waals surface area contributed by atoms with Gasteiger partial charge in [0.05, 0.1) is 16.2 Å². The maximum absolute atomic E-state index is 13.1. The zero-order chi connectivity index (χ0) is 25.3. The predicted octanol–water partition coefficient (Wildman–Crippen LogP) is 4.08. The molecule has 0 radical (unpaired) electrons. The SMILES string of the molecule is CCOc1cccc2sc(N3CCN(C(=O)c4ccc(S(=O)(=O)N5CCC(C)CC5)cc4)CC3)nc12. The van der Waals surface area contributed by atoms with Crippen molar-refractivity contribution in [3.63, 3.8) is 0 Å². The van der Waals surface area contributed by atoms with Crippen molar-refractivity contribution in [2.24, 2.45) is 5.92 Å². The Morgan fingerprint density at radius 3 is 2.39 bits per heavy atom. The third-order valence-electron chi connectivity index (χ3n) is 6.99.